The number of carbonyl (C=O) groups is 1. The maximum atomic E-state index is 10.9. The summed E-state index contributed by atoms with van der Waals surface area (Å²) in [7, 11) is 0. The van der Waals surface area contributed by atoms with Crippen LogP contribution in [0, 0.1) is 10.1 Å². The van der Waals surface area contributed by atoms with Crippen molar-refractivity contribution in [3.8, 4) is 11.8 Å². The molecule has 1 aromatic carbocycles. The monoisotopic (exact) mass is 274 g/mol. The van der Waals surface area contributed by atoms with Crippen LogP contribution in [-0.2, 0) is 4.79 Å². The fourth-order valence-electron chi connectivity index (χ4n) is 1.37. The molecule has 2 aromatic rings. The minimum absolute atomic E-state index is 0.00266. The van der Waals surface area contributed by atoms with Crippen LogP contribution in [0.4, 0.5) is 11.4 Å². The largest absolute Gasteiger partial charge is 0.424 e. The van der Waals surface area contributed by atoms with Crippen molar-refractivity contribution in [2.45, 2.75) is 6.92 Å². The average Bonchev–Trinajstić information content (AvgIpc) is 2.41. The Morgan fingerprint density at radius 1 is 1.25 bits per heavy atom. The number of rotatable bonds is 4. The number of nitrogens with one attached hydrogen (secondary N) is 1. The van der Waals surface area contributed by atoms with Crippen molar-refractivity contribution in [1.82, 2.24) is 9.97 Å². The molecule has 0 bridgehead atoms. The maximum Gasteiger partial charge on any atom is 0.322 e. The molecule has 0 spiro atoms. The minimum Gasteiger partial charge on any atom is -0.424 e. The molecule has 102 valence electrons. The summed E-state index contributed by atoms with van der Waals surface area (Å²) in [6.07, 6.45) is 2.13. The topological polar surface area (TPSA) is 107 Å². The predicted octanol–water partition coefficient (Wildman–Crippen LogP) is 2.14. The van der Waals surface area contributed by atoms with Gasteiger partial charge in [0, 0.05) is 12.6 Å². The molecule has 0 aliphatic rings. The first-order valence-corrected chi connectivity index (χ1v) is 5.56. The SMILES string of the molecule is CC(=O)Nc1ccc(Oc2ncc([N+](=O)[O-])cn2)cc1. The van der Waals surface area contributed by atoms with Crippen LogP contribution in [0.5, 0.6) is 11.8 Å². The van der Waals surface area contributed by atoms with Crippen LogP contribution >= 0.6 is 0 Å². The highest BCUT2D eigenvalue weighted by Gasteiger charge is 2.08. The molecule has 1 N–H and O–H groups in total. The number of carbonyl (C=O) groups excluding carboxylic acids is 1. The van der Waals surface area contributed by atoms with Gasteiger partial charge in [0.2, 0.25) is 5.91 Å². The van der Waals surface area contributed by atoms with E-state index in [1.165, 1.54) is 6.92 Å². The Hall–Kier alpha value is -3.03. The molecule has 2 rings (SSSR count). The first-order valence-electron chi connectivity index (χ1n) is 5.56. The molecule has 8 nitrogen and oxygen atoms in total. The number of aromatic nitrogens is 2. The minimum atomic E-state index is -0.591. The van der Waals surface area contributed by atoms with Crippen LogP contribution in [0.2, 0.25) is 0 Å². The highest BCUT2D eigenvalue weighted by Crippen LogP contribution is 2.20. The molecular weight excluding hydrogens is 264 g/mol. The quantitative estimate of drug-likeness (QED) is 0.676. The zero-order valence-corrected chi connectivity index (χ0v) is 10.4. The Balaban J connectivity index is 2.06. The molecule has 20 heavy (non-hydrogen) atoms. The van der Waals surface area contributed by atoms with E-state index in [0.29, 0.717) is 11.4 Å². The van der Waals surface area contributed by atoms with Crippen molar-refractivity contribution in [3.05, 3.63) is 46.8 Å². The molecule has 0 unspecified atom stereocenters. The second kappa shape index (κ2) is 5.74. The van der Waals surface area contributed by atoms with Crippen LogP contribution in [0.3, 0.4) is 0 Å². The Labute approximate surface area is 113 Å². The average molecular weight is 274 g/mol. The zero-order valence-electron chi connectivity index (χ0n) is 10.4. The zero-order chi connectivity index (χ0) is 14.5. The van der Waals surface area contributed by atoms with Crippen molar-refractivity contribution in [2.24, 2.45) is 0 Å². The second-order valence-electron chi connectivity index (χ2n) is 3.79. The van der Waals surface area contributed by atoms with E-state index in [4.69, 9.17) is 4.74 Å². The van der Waals surface area contributed by atoms with Crippen LogP contribution in [0.15, 0.2) is 36.7 Å². The summed E-state index contributed by atoms with van der Waals surface area (Å²) in [6.45, 7) is 1.41. The van der Waals surface area contributed by atoms with Crippen LogP contribution < -0.4 is 10.1 Å². The van der Waals surface area contributed by atoms with Gasteiger partial charge in [-0.25, -0.2) is 0 Å². The number of nitro groups is 1. The molecular formula is C12H10N4O4. The van der Waals surface area contributed by atoms with Gasteiger partial charge in [-0.2, -0.15) is 9.97 Å². The molecule has 0 radical (unpaired) electrons. The van der Waals surface area contributed by atoms with Gasteiger partial charge in [0.1, 0.15) is 18.1 Å². The number of amides is 1. The molecule has 0 aliphatic heterocycles. The van der Waals surface area contributed by atoms with E-state index >= 15 is 0 Å². The summed E-state index contributed by atoms with van der Waals surface area (Å²) >= 11 is 0. The number of anilines is 1. The highest BCUT2D eigenvalue weighted by molar-refractivity contribution is 5.88. The van der Waals surface area contributed by atoms with Crippen molar-refractivity contribution in [1.29, 1.82) is 0 Å². The summed E-state index contributed by atoms with van der Waals surface area (Å²) < 4.78 is 5.32. The summed E-state index contributed by atoms with van der Waals surface area (Å²) in [5, 5.41) is 13.1. The Kier molecular flexibility index (Phi) is 3.85. The molecule has 1 heterocycles. The molecule has 0 saturated heterocycles. The fourth-order valence-corrected chi connectivity index (χ4v) is 1.37. The second-order valence-corrected chi connectivity index (χ2v) is 3.79. The van der Waals surface area contributed by atoms with E-state index in [1.807, 2.05) is 0 Å². The lowest BCUT2D eigenvalue weighted by molar-refractivity contribution is -0.385. The number of hydrogen-bond acceptors (Lipinski definition) is 6. The third kappa shape index (κ3) is 3.48. The van der Waals surface area contributed by atoms with E-state index in [1.54, 1.807) is 24.3 Å². The number of hydrogen-bond donors (Lipinski definition) is 1. The summed E-state index contributed by atoms with van der Waals surface area (Å²) in [4.78, 5) is 28.2. The third-order valence-corrected chi connectivity index (χ3v) is 2.21. The normalized spacial score (nSPS) is 9.85. The summed E-state index contributed by atoms with van der Waals surface area (Å²) in [5.74, 6) is 0.283. The van der Waals surface area contributed by atoms with E-state index in [2.05, 4.69) is 15.3 Å². The van der Waals surface area contributed by atoms with E-state index < -0.39 is 4.92 Å². The van der Waals surface area contributed by atoms with Gasteiger partial charge in [0.15, 0.2) is 0 Å². The van der Waals surface area contributed by atoms with Crippen molar-refractivity contribution in [3.63, 3.8) is 0 Å². The molecule has 0 fully saturated rings. The predicted molar refractivity (Wildman–Crippen MR) is 69.5 cm³/mol. The van der Waals surface area contributed by atoms with Gasteiger partial charge in [-0.15, -0.1) is 0 Å². The summed E-state index contributed by atoms with van der Waals surface area (Å²) in [6, 6.07) is 6.55. The van der Waals surface area contributed by atoms with Gasteiger partial charge in [-0.3, -0.25) is 14.9 Å². The van der Waals surface area contributed by atoms with Crippen LogP contribution in [0.1, 0.15) is 6.92 Å². The van der Waals surface area contributed by atoms with Gasteiger partial charge in [0.05, 0.1) is 4.92 Å². The lowest BCUT2D eigenvalue weighted by Gasteiger charge is -2.05. The number of ether oxygens (including phenoxy) is 1. The molecule has 1 aromatic heterocycles. The summed E-state index contributed by atoms with van der Waals surface area (Å²) in [5.41, 5.74) is 0.424. The lowest BCUT2D eigenvalue weighted by atomic mass is 10.3. The molecule has 0 aliphatic carbocycles. The van der Waals surface area contributed by atoms with Crippen LogP contribution in [-0.4, -0.2) is 20.8 Å². The smallest absolute Gasteiger partial charge is 0.322 e. The van der Waals surface area contributed by atoms with Gasteiger partial charge < -0.3 is 10.1 Å². The maximum absolute atomic E-state index is 10.9. The standard InChI is InChI=1S/C12H10N4O4/c1-8(17)15-9-2-4-11(5-3-9)20-12-13-6-10(7-14-12)16(18)19/h2-7H,1H3,(H,15,17). The number of benzene rings is 1. The Morgan fingerprint density at radius 2 is 1.85 bits per heavy atom. The van der Waals surface area contributed by atoms with E-state index in [9.17, 15) is 14.9 Å². The van der Waals surface area contributed by atoms with Crippen molar-refractivity contribution >= 4 is 17.3 Å². The Morgan fingerprint density at radius 3 is 2.35 bits per heavy atom. The molecule has 1 amide bonds. The number of nitrogens with zero attached hydrogens (tertiary/aromatic N) is 3. The van der Waals surface area contributed by atoms with E-state index in [-0.39, 0.29) is 17.6 Å². The lowest BCUT2D eigenvalue weighted by Crippen LogP contribution is -2.05. The van der Waals surface area contributed by atoms with Gasteiger partial charge in [-0.05, 0) is 24.3 Å². The molecule has 8 heteroatoms. The van der Waals surface area contributed by atoms with E-state index in [0.717, 1.165) is 12.4 Å². The molecule has 0 atom stereocenters. The third-order valence-electron chi connectivity index (χ3n) is 2.21. The van der Waals surface area contributed by atoms with Gasteiger partial charge >= 0.3 is 11.7 Å². The van der Waals surface area contributed by atoms with Crippen molar-refractivity contribution in [2.75, 3.05) is 5.32 Å². The fraction of sp³-hybridized carbons (Fsp3) is 0.0833. The first kappa shape index (κ1) is 13.4. The first-order chi connectivity index (χ1) is 9.54. The molecule has 0 saturated carbocycles. The van der Waals surface area contributed by atoms with Crippen molar-refractivity contribution < 1.29 is 14.5 Å². The van der Waals surface area contributed by atoms with Crippen LogP contribution in [0.25, 0.3) is 0 Å². The van der Waals surface area contributed by atoms with Gasteiger partial charge in [0.25, 0.3) is 0 Å². The Bertz CT molecular complexity index is 625. The highest BCUT2D eigenvalue weighted by atomic mass is 16.6. The van der Waals surface area contributed by atoms with Gasteiger partial charge in [-0.1, -0.05) is 0 Å².